The van der Waals surface area contributed by atoms with Gasteiger partial charge in [-0.15, -0.1) is 11.8 Å². The van der Waals surface area contributed by atoms with Crippen LogP contribution in [0, 0.1) is 0 Å². The van der Waals surface area contributed by atoms with Gasteiger partial charge >= 0.3 is 0 Å². The van der Waals surface area contributed by atoms with E-state index < -0.39 is 0 Å². The Hall–Kier alpha value is -1.58. The van der Waals surface area contributed by atoms with Crippen molar-refractivity contribution < 1.29 is 19.1 Å². The van der Waals surface area contributed by atoms with E-state index in [0.717, 1.165) is 10.9 Å². The third-order valence-corrected chi connectivity index (χ3v) is 4.63. The van der Waals surface area contributed by atoms with Crippen molar-refractivity contribution in [3.8, 4) is 0 Å². The molecular formula is C17H24BrN3O4S. The van der Waals surface area contributed by atoms with Crippen molar-refractivity contribution in [3.63, 3.8) is 0 Å². The highest BCUT2D eigenvalue weighted by atomic mass is 79.9. The summed E-state index contributed by atoms with van der Waals surface area (Å²) in [5.41, 5.74) is 0.693. The third-order valence-electron chi connectivity index (χ3n) is 3.22. The van der Waals surface area contributed by atoms with Gasteiger partial charge in [-0.05, 0) is 24.6 Å². The van der Waals surface area contributed by atoms with E-state index in [0.29, 0.717) is 18.8 Å². The maximum atomic E-state index is 12.0. The number of benzene rings is 1. The first kappa shape index (κ1) is 22.5. The topological polar surface area (TPSA) is 87.7 Å². The summed E-state index contributed by atoms with van der Waals surface area (Å²) in [6.07, 6.45) is 0.725. The lowest BCUT2D eigenvalue weighted by molar-refractivity contribution is -0.132. The van der Waals surface area contributed by atoms with Gasteiger partial charge in [0, 0.05) is 37.5 Å². The number of hydrogen-bond donors (Lipinski definition) is 2. The number of ether oxygens (including phenoxy) is 1. The molecule has 7 nitrogen and oxygen atoms in total. The predicted molar refractivity (Wildman–Crippen MR) is 107 cm³/mol. The third kappa shape index (κ3) is 9.79. The molecule has 0 unspecified atom stereocenters. The number of halogens is 1. The number of carbonyl (C=O) groups is 3. The van der Waals surface area contributed by atoms with Crippen molar-refractivity contribution >= 4 is 51.1 Å². The lowest BCUT2D eigenvalue weighted by Crippen LogP contribution is -2.39. The molecule has 0 radical (unpaired) electrons. The summed E-state index contributed by atoms with van der Waals surface area (Å²) in [5.74, 6) is -0.291. The van der Waals surface area contributed by atoms with Crippen LogP contribution >= 0.6 is 27.7 Å². The molecule has 0 saturated heterocycles. The van der Waals surface area contributed by atoms with Gasteiger partial charge in [-0.3, -0.25) is 14.4 Å². The van der Waals surface area contributed by atoms with Gasteiger partial charge in [-0.2, -0.15) is 0 Å². The van der Waals surface area contributed by atoms with Gasteiger partial charge in [0.1, 0.15) is 0 Å². The Labute approximate surface area is 166 Å². The fraction of sp³-hybridized carbons (Fsp3) is 0.471. The first-order chi connectivity index (χ1) is 12.4. The monoisotopic (exact) mass is 445 g/mol. The summed E-state index contributed by atoms with van der Waals surface area (Å²) < 4.78 is 5.77. The second-order valence-electron chi connectivity index (χ2n) is 5.50. The van der Waals surface area contributed by atoms with Crippen LogP contribution < -0.4 is 10.6 Å². The van der Waals surface area contributed by atoms with Crippen LogP contribution in [0.15, 0.2) is 28.7 Å². The minimum Gasteiger partial charge on any atom is -0.385 e. The van der Waals surface area contributed by atoms with E-state index in [2.05, 4.69) is 26.6 Å². The van der Waals surface area contributed by atoms with E-state index in [1.165, 1.54) is 16.7 Å². The highest BCUT2D eigenvalue weighted by molar-refractivity contribution is 9.10. The van der Waals surface area contributed by atoms with Crippen molar-refractivity contribution in [1.82, 2.24) is 10.2 Å². The maximum absolute atomic E-state index is 12.0. The molecule has 1 rings (SSSR count). The average Bonchev–Trinajstić information content (AvgIpc) is 2.58. The number of anilines is 1. The van der Waals surface area contributed by atoms with E-state index in [1.807, 2.05) is 12.1 Å². The number of carbonyl (C=O) groups excluding carboxylic acids is 3. The van der Waals surface area contributed by atoms with Crippen molar-refractivity contribution in [2.24, 2.45) is 0 Å². The van der Waals surface area contributed by atoms with Gasteiger partial charge in [0.2, 0.25) is 17.7 Å². The molecule has 9 heteroatoms. The zero-order valence-corrected chi connectivity index (χ0v) is 17.3. The van der Waals surface area contributed by atoms with E-state index >= 15 is 0 Å². The number of hydrogen-bond acceptors (Lipinski definition) is 5. The first-order valence-electron chi connectivity index (χ1n) is 8.05. The zero-order chi connectivity index (χ0) is 19.4. The summed E-state index contributed by atoms with van der Waals surface area (Å²) in [5, 5.41) is 5.48. The quantitative estimate of drug-likeness (QED) is 0.506. The Morgan fingerprint density at radius 2 is 2.00 bits per heavy atom. The Kier molecular flexibility index (Phi) is 11.0. The fourth-order valence-corrected chi connectivity index (χ4v) is 3.06. The molecule has 0 saturated carbocycles. The molecule has 0 aliphatic heterocycles. The summed E-state index contributed by atoms with van der Waals surface area (Å²) in [6, 6.07) is 7.28. The molecule has 26 heavy (non-hydrogen) atoms. The fourth-order valence-electron chi connectivity index (χ4n) is 1.91. The van der Waals surface area contributed by atoms with Crippen LogP contribution in [0.2, 0.25) is 0 Å². The number of rotatable bonds is 11. The van der Waals surface area contributed by atoms with Gasteiger partial charge in [0.05, 0.1) is 18.1 Å². The Morgan fingerprint density at radius 1 is 1.23 bits per heavy atom. The minimum atomic E-state index is -0.214. The molecule has 1 aromatic carbocycles. The van der Waals surface area contributed by atoms with Crippen molar-refractivity contribution in [2.45, 2.75) is 6.42 Å². The van der Waals surface area contributed by atoms with Crippen LogP contribution in [0.3, 0.4) is 0 Å². The molecule has 0 heterocycles. The SMILES string of the molecule is COCCCNC(=O)CN(C)C(=O)CSCC(=O)Nc1cccc(Br)c1. The Bertz CT molecular complexity index is 615. The van der Waals surface area contributed by atoms with E-state index in [1.54, 1.807) is 26.3 Å². The van der Waals surface area contributed by atoms with Gasteiger partial charge < -0.3 is 20.3 Å². The molecule has 0 aliphatic rings. The number of thioether (sulfide) groups is 1. The molecule has 3 amide bonds. The van der Waals surface area contributed by atoms with Crippen LogP contribution in [-0.4, -0.2) is 68.0 Å². The van der Waals surface area contributed by atoms with Crippen molar-refractivity contribution in [3.05, 3.63) is 28.7 Å². The summed E-state index contributed by atoms with van der Waals surface area (Å²) >= 11 is 4.55. The smallest absolute Gasteiger partial charge is 0.239 e. The largest absolute Gasteiger partial charge is 0.385 e. The lowest BCUT2D eigenvalue weighted by atomic mass is 10.3. The van der Waals surface area contributed by atoms with E-state index in [4.69, 9.17) is 4.74 Å². The molecule has 0 aromatic heterocycles. The second kappa shape index (κ2) is 12.7. The number of nitrogens with zero attached hydrogens (tertiary/aromatic N) is 1. The Morgan fingerprint density at radius 3 is 2.69 bits per heavy atom. The summed E-state index contributed by atoms with van der Waals surface area (Å²) in [4.78, 5) is 36.9. The molecule has 1 aromatic rings. The summed E-state index contributed by atoms with van der Waals surface area (Å²) in [7, 11) is 3.17. The number of likely N-dealkylation sites (N-methyl/N-ethyl adjacent to an activating group) is 1. The van der Waals surface area contributed by atoms with Gasteiger partial charge in [-0.1, -0.05) is 22.0 Å². The maximum Gasteiger partial charge on any atom is 0.239 e. The van der Waals surface area contributed by atoms with Gasteiger partial charge in [0.25, 0.3) is 0 Å². The van der Waals surface area contributed by atoms with E-state index in [9.17, 15) is 14.4 Å². The molecular weight excluding hydrogens is 422 g/mol. The lowest BCUT2D eigenvalue weighted by Gasteiger charge is -2.16. The predicted octanol–water partition coefficient (Wildman–Crippen LogP) is 1.73. The molecule has 144 valence electrons. The van der Waals surface area contributed by atoms with Crippen molar-refractivity contribution in [1.29, 1.82) is 0 Å². The van der Waals surface area contributed by atoms with Crippen LogP contribution in [0.5, 0.6) is 0 Å². The summed E-state index contributed by atoms with van der Waals surface area (Å²) in [6.45, 7) is 1.09. The molecule has 0 fully saturated rings. The molecule has 0 atom stereocenters. The van der Waals surface area contributed by atoms with Gasteiger partial charge in [0.15, 0.2) is 0 Å². The normalized spacial score (nSPS) is 10.3. The molecule has 0 spiro atoms. The number of methoxy groups -OCH3 is 1. The van der Waals surface area contributed by atoms with Crippen LogP contribution in [-0.2, 0) is 19.1 Å². The Balaban J connectivity index is 2.21. The first-order valence-corrected chi connectivity index (χ1v) is 10.00. The average molecular weight is 446 g/mol. The van der Waals surface area contributed by atoms with Crippen molar-refractivity contribution in [2.75, 3.05) is 50.7 Å². The second-order valence-corrected chi connectivity index (χ2v) is 7.40. The highest BCUT2D eigenvalue weighted by Gasteiger charge is 2.13. The standard InChI is InChI=1S/C17H24BrN3O4S/c1-21(10-15(22)19-7-4-8-25-2)17(24)12-26-11-16(23)20-14-6-3-5-13(18)9-14/h3,5-6,9H,4,7-8,10-12H2,1-2H3,(H,19,22)(H,20,23). The minimum absolute atomic E-state index is 0.00336. The highest BCUT2D eigenvalue weighted by Crippen LogP contribution is 2.16. The zero-order valence-electron chi connectivity index (χ0n) is 14.9. The van der Waals surface area contributed by atoms with E-state index in [-0.39, 0.29) is 35.8 Å². The van der Waals surface area contributed by atoms with Crippen LogP contribution in [0.1, 0.15) is 6.42 Å². The van der Waals surface area contributed by atoms with Crippen LogP contribution in [0.4, 0.5) is 5.69 Å². The molecule has 0 bridgehead atoms. The van der Waals surface area contributed by atoms with Crippen LogP contribution in [0.25, 0.3) is 0 Å². The number of nitrogens with one attached hydrogen (secondary N) is 2. The number of amides is 3. The van der Waals surface area contributed by atoms with Gasteiger partial charge in [-0.25, -0.2) is 0 Å². The molecule has 2 N–H and O–H groups in total. The molecule has 0 aliphatic carbocycles.